The standard InChI is InChI=1S/C11H13NO5/c1-2-8(11(15)16)17-9-6(10(13)14)4-3-5-7(9)12/h3-5,8H,2,12H2,1H3,(H,13,14)(H,15,16). The van der Waals surface area contributed by atoms with Crippen LogP contribution in [0.3, 0.4) is 0 Å². The van der Waals surface area contributed by atoms with Gasteiger partial charge in [-0.05, 0) is 18.6 Å². The summed E-state index contributed by atoms with van der Waals surface area (Å²) in [5, 5.41) is 17.8. The highest BCUT2D eigenvalue weighted by molar-refractivity contribution is 5.93. The predicted octanol–water partition coefficient (Wildman–Crippen LogP) is 1.21. The first-order valence-corrected chi connectivity index (χ1v) is 4.98. The normalized spacial score (nSPS) is 11.8. The molecule has 1 atom stereocenters. The number of aromatic carboxylic acids is 1. The zero-order valence-corrected chi connectivity index (χ0v) is 9.21. The molecule has 0 heterocycles. The van der Waals surface area contributed by atoms with Crippen molar-refractivity contribution in [1.29, 1.82) is 0 Å². The first-order valence-electron chi connectivity index (χ1n) is 4.98. The molecule has 92 valence electrons. The Bertz CT molecular complexity index is 443. The first-order chi connectivity index (χ1) is 7.97. The monoisotopic (exact) mass is 239 g/mol. The molecule has 0 aliphatic carbocycles. The van der Waals surface area contributed by atoms with Gasteiger partial charge in [0.15, 0.2) is 11.9 Å². The third-order valence-electron chi connectivity index (χ3n) is 2.18. The van der Waals surface area contributed by atoms with Crippen molar-refractivity contribution in [3.05, 3.63) is 23.8 Å². The number of carboxylic acids is 2. The second kappa shape index (κ2) is 5.20. The summed E-state index contributed by atoms with van der Waals surface area (Å²) in [6.07, 6.45) is -0.902. The smallest absolute Gasteiger partial charge is 0.344 e. The van der Waals surface area contributed by atoms with E-state index in [1.807, 2.05) is 0 Å². The number of anilines is 1. The average molecular weight is 239 g/mol. The molecule has 1 rings (SSSR count). The molecule has 0 saturated carbocycles. The van der Waals surface area contributed by atoms with E-state index in [0.29, 0.717) is 0 Å². The number of hydrogen-bond donors (Lipinski definition) is 3. The van der Waals surface area contributed by atoms with E-state index in [2.05, 4.69) is 0 Å². The molecule has 0 fully saturated rings. The van der Waals surface area contributed by atoms with Crippen molar-refractivity contribution in [3.63, 3.8) is 0 Å². The van der Waals surface area contributed by atoms with Crippen LogP contribution in [0.4, 0.5) is 5.69 Å². The number of ether oxygens (including phenoxy) is 1. The van der Waals surface area contributed by atoms with E-state index in [1.165, 1.54) is 18.2 Å². The Hall–Kier alpha value is -2.24. The van der Waals surface area contributed by atoms with Gasteiger partial charge in [0.25, 0.3) is 0 Å². The molecule has 0 aromatic heterocycles. The lowest BCUT2D eigenvalue weighted by atomic mass is 10.1. The van der Waals surface area contributed by atoms with Crippen LogP contribution in [0.1, 0.15) is 23.7 Å². The molecular formula is C11H13NO5. The fourth-order valence-electron chi connectivity index (χ4n) is 1.31. The van der Waals surface area contributed by atoms with Gasteiger partial charge in [0.2, 0.25) is 0 Å². The van der Waals surface area contributed by atoms with Crippen molar-refractivity contribution in [3.8, 4) is 5.75 Å². The maximum atomic E-state index is 10.9. The summed E-state index contributed by atoms with van der Waals surface area (Å²) in [5.74, 6) is -2.48. The molecular weight excluding hydrogens is 226 g/mol. The summed E-state index contributed by atoms with van der Waals surface area (Å²) in [4.78, 5) is 21.7. The Kier molecular flexibility index (Phi) is 3.92. The second-order valence-electron chi connectivity index (χ2n) is 3.38. The van der Waals surface area contributed by atoms with Crippen molar-refractivity contribution in [2.45, 2.75) is 19.4 Å². The molecule has 6 heteroatoms. The third kappa shape index (κ3) is 2.87. The quantitative estimate of drug-likeness (QED) is 0.666. The van der Waals surface area contributed by atoms with Gasteiger partial charge in [0, 0.05) is 0 Å². The maximum Gasteiger partial charge on any atom is 0.344 e. The summed E-state index contributed by atoms with van der Waals surface area (Å²) in [5.41, 5.74) is 5.53. The molecule has 1 aromatic rings. The fourth-order valence-corrected chi connectivity index (χ4v) is 1.31. The Labute approximate surface area is 97.6 Å². The molecule has 0 saturated heterocycles. The lowest BCUT2D eigenvalue weighted by Crippen LogP contribution is -2.27. The van der Waals surface area contributed by atoms with E-state index in [0.717, 1.165) is 0 Å². The lowest BCUT2D eigenvalue weighted by molar-refractivity contribution is -0.145. The van der Waals surface area contributed by atoms with Gasteiger partial charge in [-0.15, -0.1) is 0 Å². The fraction of sp³-hybridized carbons (Fsp3) is 0.273. The van der Waals surface area contributed by atoms with Crippen LogP contribution in [0.5, 0.6) is 5.75 Å². The second-order valence-corrected chi connectivity index (χ2v) is 3.38. The van der Waals surface area contributed by atoms with Gasteiger partial charge >= 0.3 is 11.9 Å². The van der Waals surface area contributed by atoms with Gasteiger partial charge in [-0.25, -0.2) is 9.59 Å². The topological polar surface area (TPSA) is 110 Å². The van der Waals surface area contributed by atoms with Gasteiger partial charge in [0.05, 0.1) is 5.69 Å². The number of carbonyl (C=O) groups is 2. The van der Waals surface area contributed by atoms with Crippen molar-refractivity contribution in [2.75, 3.05) is 5.73 Å². The van der Waals surface area contributed by atoms with Crippen LogP contribution in [-0.4, -0.2) is 28.3 Å². The van der Waals surface area contributed by atoms with E-state index in [1.54, 1.807) is 6.92 Å². The number of carboxylic acid groups (broad SMARTS) is 2. The van der Waals surface area contributed by atoms with Crippen molar-refractivity contribution >= 4 is 17.6 Å². The van der Waals surface area contributed by atoms with Crippen LogP contribution in [0.2, 0.25) is 0 Å². The first kappa shape index (κ1) is 12.8. The van der Waals surface area contributed by atoms with E-state index >= 15 is 0 Å². The van der Waals surface area contributed by atoms with E-state index in [9.17, 15) is 9.59 Å². The van der Waals surface area contributed by atoms with Crippen molar-refractivity contribution < 1.29 is 24.5 Å². The number of nitrogen functional groups attached to an aromatic ring is 1. The summed E-state index contributed by atoms with van der Waals surface area (Å²) in [6.45, 7) is 1.62. The molecule has 0 aliphatic heterocycles. The molecule has 6 nitrogen and oxygen atoms in total. The van der Waals surface area contributed by atoms with Gasteiger partial charge in [-0.2, -0.15) is 0 Å². The Morgan fingerprint density at radius 1 is 1.41 bits per heavy atom. The minimum absolute atomic E-state index is 0.101. The number of nitrogens with two attached hydrogens (primary N) is 1. The molecule has 4 N–H and O–H groups in total. The predicted molar refractivity (Wildman–Crippen MR) is 60.2 cm³/mol. The van der Waals surface area contributed by atoms with Crippen LogP contribution in [0.25, 0.3) is 0 Å². The molecule has 0 spiro atoms. The number of para-hydroxylation sites is 1. The van der Waals surface area contributed by atoms with Crippen LogP contribution >= 0.6 is 0 Å². The Morgan fingerprint density at radius 2 is 2.06 bits per heavy atom. The van der Waals surface area contributed by atoms with E-state index < -0.39 is 18.0 Å². The van der Waals surface area contributed by atoms with Gasteiger partial charge in [-0.3, -0.25) is 0 Å². The number of rotatable bonds is 5. The zero-order chi connectivity index (χ0) is 13.0. The molecule has 0 amide bonds. The van der Waals surface area contributed by atoms with Crippen LogP contribution in [-0.2, 0) is 4.79 Å². The summed E-state index contributed by atoms with van der Waals surface area (Å²) in [7, 11) is 0. The number of aliphatic carboxylic acids is 1. The molecule has 1 aromatic carbocycles. The highest BCUT2D eigenvalue weighted by atomic mass is 16.5. The van der Waals surface area contributed by atoms with Crippen molar-refractivity contribution in [1.82, 2.24) is 0 Å². The van der Waals surface area contributed by atoms with Crippen LogP contribution in [0, 0.1) is 0 Å². The van der Waals surface area contributed by atoms with E-state index in [-0.39, 0.29) is 23.4 Å². The maximum absolute atomic E-state index is 10.9. The van der Waals surface area contributed by atoms with Gasteiger partial charge in [-0.1, -0.05) is 13.0 Å². The number of benzene rings is 1. The minimum atomic E-state index is -1.22. The highest BCUT2D eigenvalue weighted by Crippen LogP contribution is 2.27. The van der Waals surface area contributed by atoms with E-state index in [4.69, 9.17) is 20.7 Å². The van der Waals surface area contributed by atoms with Crippen LogP contribution in [0.15, 0.2) is 18.2 Å². The number of hydrogen-bond acceptors (Lipinski definition) is 4. The summed E-state index contributed by atoms with van der Waals surface area (Å²) < 4.78 is 5.14. The van der Waals surface area contributed by atoms with Gasteiger partial charge < -0.3 is 20.7 Å². The lowest BCUT2D eigenvalue weighted by Gasteiger charge is -2.16. The molecule has 0 radical (unpaired) electrons. The average Bonchev–Trinajstić information content (AvgIpc) is 2.26. The SMILES string of the molecule is CCC(Oc1c(N)cccc1C(=O)O)C(=O)O. The van der Waals surface area contributed by atoms with Crippen LogP contribution < -0.4 is 10.5 Å². The van der Waals surface area contributed by atoms with Gasteiger partial charge in [0.1, 0.15) is 5.56 Å². The highest BCUT2D eigenvalue weighted by Gasteiger charge is 2.22. The summed E-state index contributed by atoms with van der Waals surface area (Å²) in [6, 6.07) is 4.23. The molecule has 17 heavy (non-hydrogen) atoms. The Balaban J connectivity index is 3.12. The zero-order valence-electron chi connectivity index (χ0n) is 9.21. The third-order valence-corrected chi connectivity index (χ3v) is 2.18. The molecule has 1 unspecified atom stereocenters. The molecule has 0 bridgehead atoms. The summed E-state index contributed by atoms with van der Waals surface area (Å²) >= 11 is 0. The Morgan fingerprint density at radius 3 is 2.53 bits per heavy atom. The minimum Gasteiger partial charge on any atom is -0.479 e. The largest absolute Gasteiger partial charge is 0.479 e. The molecule has 0 aliphatic rings. The van der Waals surface area contributed by atoms with Crippen molar-refractivity contribution in [2.24, 2.45) is 0 Å².